The number of aromatic nitrogens is 2. The summed E-state index contributed by atoms with van der Waals surface area (Å²) < 4.78 is 0. The van der Waals surface area contributed by atoms with Gasteiger partial charge in [-0.05, 0) is 56.9 Å². The molecule has 0 unspecified atom stereocenters. The van der Waals surface area contributed by atoms with Gasteiger partial charge in [0.05, 0.1) is 11.1 Å². The number of aryl methyl sites for hydroxylation is 1. The number of hydrogen-bond acceptors (Lipinski definition) is 5. The van der Waals surface area contributed by atoms with Gasteiger partial charge in [0, 0.05) is 48.3 Å². The minimum Gasteiger partial charge on any atom is -0.360 e. The maximum atomic E-state index is 12.7. The Kier molecular flexibility index (Phi) is 5.92. The summed E-state index contributed by atoms with van der Waals surface area (Å²) in [6.45, 7) is 3.83. The number of benzene rings is 2. The van der Waals surface area contributed by atoms with Crippen molar-refractivity contribution in [3.05, 3.63) is 65.9 Å². The van der Waals surface area contributed by atoms with Gasteiger partial charge in [-0.3, -0.25) is 9.59 Å². The van der Waals surface area contributed by atoms with Gasteiger partial charge in [0.15, 0.2) is 0 Å². The third kappa shape index (κ3) is 4.33. The molecule has 0 aliphatic rings. The zero-order chi connectivity index (χ0) is 22.8. The molecule has 0 fully saturated rings. The van der Waals surface area contributed by atoms with Crippen LogP contribution in [0.2, 0.25) is 0 Å². The van der Waals surface area contributed by atoms with Crippen LogP contribution in [0, 0.1) is 6.92 Å². The number of hydrogen-bond donors (Lipinski definition) is 2. The van der Waals surface area contributed by atoms with E-state index in [-0.39, 0.29) is 0 Å². The van der Waals surface area contributed by atoms with E-state index < -0.39 is 11.7 Å². The number of carbonyl (C=O) groups is 2. The fraction of sp³-hybridized carbons (Fsp3) is 0.240. The number of para-hydroxylation sites is 1. The van der Waals surface area contributed by atoms with Crippen molar-refractivity contribution in [2.75, 3.05) is 44.4 Å². The highest BCUT2D eigenvalue weighted by Gasteiger charge is 2.20. The summed E-state index contributed by atoms with van der Waals surface area (Å²) in [4.78, 5) is 37.4. The Labute approximate surface area is 187 Å². The molecule has 2 aromatic carbocycles. The Bertz CT molecular complexity index is 1310. The highest BCUT2D eigenvalue weighted by molar-refractivity contribution is 6.48. The topological polar surface area (TPSA) is 81.3 Å². The number of fused-ring (bicyclic) bond motifs is 2. The Morgan fingerprint density at radius 1 is 1.00 bits per heavy atom. The van der Waals surface area contributed by atoms with Crippen molar-refractivity contribution in [3.63, 3.8) is 0 Å². The van der Waals surface area contributed by atoms with E-state index in [1.54, 1.807) is 12.3 Å². The van der Waals surface area contributed by atoms with Crippen LogP contribution in [0.15, 0.2) is 54.7 Å². The van der Waals surface area contributed by atoms with Crippen LogP contribution in [0.25, 0.3) is 21.8 Å². The molecule has 0 aliphatic heterocycles. The van der Waals surface area contributed by atoms with E-state index in [1.807, 2.05) is 70.5 Å². The lowest BCUT2D eigenvalue weighted by Crippen LogP contribution is -2.29. The van der Waals surface area contributed by atoms with E-state index in [1.165, 1.54) is 0 Å². The molecule has 0 atom stereocenters. The monoisotopic (exact) mass is 429 g/mol. The number of anilines is 2. The number of rotatable bonds is 7. The second-order valence-electron chi connectivity index (χ2n) is 8.29. The van der Waals surface area contributed by atoms with E-state index in [0.29, 0.717) is 11.3 Å². The summed E-state index contributed by atoms with van der Waals surface area (Å²) >= 11 is 0. The third-order valence-electron chi connectivity index (χ3n) is 5.57. The number of Topliss-reactive ketones (excluding diaryl/α,β-unsaturated/α-hetero) is 1. The number of pyridine rings is 1. The Morgan fingerprint density at radius 2 is 1.78 bits per heavy atom. The molecule has 0 radical (unpaired) electrons. The van der Waals surface area contributed by atoms with Gasteiger partial charge in [-0.25, -0.2) is 4.98 Å². The molecule has 0 bridgehead atoms. The highest BCUT2D eigenvalue weighted by Crippen LogP contribution is 2.25. The van der Waals surface area contributed by atoms with Crippen LogP contribution in [0.5, 0.6) is 0 Å². The lowest BCUT2D eigenvalue weighted by Gasteiger charge is -2.21. The number of aromatic amines is 1. The second kappa shape index (κ2) is 8.80. The molecule has 1 amide bonds. The Morgan fingerprint density at radius 3 is 2.56 bits per heavy atom. The lowest BCUT2D eigenvalue weighted by atomic mass is 10.1. The summed E-state index contributed by atoms with van der Waals surface area (Å²) in [7, 11) is 6.13. The second-order valence-corrected chi connectivity index (χ2v) is 8.29. The molecule has 0 saturated heterocycles. The maximum Gasteiger partial charge on any atom is 0.296 e. The average Bonchev–Trinajstić information content (AvgIpc) is 3.21. The zero-order valence-electron chi connectivity index (χ0n) is 18.8. The summed E-state index contributed by atoms with van der Waals surface area (Å²) in [5.74, 6) is -0.335. The van der Waals surface area contributed by atoms with E-state index in [4.69, 9.17) is 4.98 Å². The number of ketones is 1. The van der Waals surface area contributed by atoms with Crippen LogP contribution < -0.4 is 10.2 Å². The molecule has 0 aliphatic carbocycles. The van der Waals surface area contributed by atoms with Gasteiger partial charge in [0.25, 0.3) is 11.7 Å². The fourth-order valence-corrected chi connectivity index (χ4v) is 3.68. The zero-order valence-corrected chi connectivity index (χ0v) is 18.8. The molecular formula is C25H27N5O2. The number of likely N-dealkylation sites (N-methyl/N-ethyl adjacent to an activating group) is 2. The summed E-state index contributed by atoms with van der Waals surface area (Å²) in [6, 6.07) is 15.0. The van der Waals surface area contributed by atoms with Crippen molar-refractivity contribution >= 4 is 45.0 Å². The third-order valence-corrected chi connectivity index (χ3v) is 5.57. The van der Waals surface area contributed by atoms with E-state index in [0.717, 1.165) is 46.3 Å². The molecule has 2 aromatic heterocycles. The van der Waals surface area contributed by atoms with Crippen LogP contribution in [-0.4, -0.2) is 60.8 Å². The average molecular weight is 430 g/mol. The van der Waals surface area contributed by atoms with Gasteiger partial charge in [-0.1, -0.05) is 18.2 Å². The standard InChI is InChI=1S/C25H27N5O2/c1-16-13-23(30(4)12-11-29(2)3)28-22-10-9-17(14-19(16)22)27-25(32)24(31)20-15-26-21-8-6-5-7-18(20)21/h5-10,13-15,26H,11-12H2,1-4H3,(H,27,32). The molecule has 2 heterocycles. The number of nitrogens with zero attached hydrogens (tertiary/aromatic N) is 3. The smallest absolute Gasteiger partial charge is 0.296 e. The van der Waals surface area contributed by atoms with Crippen molar-refractivity contribution in [3.8, 4) is 0 Å². The molecule has 7 heteroatoms. The van der Waals surface area contributed by atoms with Gasteiger partial charge in [0.2, 0.25) is 0 Å². The molecule has 164 valence electrons. The normalized spacial score (nSPS) is 11.3. The van der Waals surface area contributed by atoms with Crippen molar-refractivity contribution in [1.29, 1.82) is 0 Å². The maximum absolute atomic E-state index is 12.7. The number of nitrogens with one attached hydrogen (secondary N) is 2. The number of H-pyrrole nitrogens is 1. The van der Waals surface area contributed by atoms with E-state index >= 15 is 0 Å². The number of carbonyl (C=O) groups excluding carboxylic acids is 2. The minimum atomic E-state index is -0.667. The van der Waals surface area contributed by atoms with Crippen LogP contribution in [0.1, 0.15) is 15.9 Å². The van der Waals surface area contributed by atoms with Crippen molar-refractivity contribution in [2.45, 2.75) is 6.92 Å². The van der Waals surface area contributed by atoms with Crippen molar-refractivity contribution in [1.82, 2.24) is 14.9 Å². The fourth-order valence-electron chi connectivity index (χ4n) is 3.68. The first-order valence-electron chi connectivity index (χ1n) is 10.5. The molecular weight excluding hydrogens is 402 g/mol. The van der Waals surface area contributed by atoms with Gasteiger partial charge in [-0.2, -0.15) is 0 Å². The molecule has 0 saturated carbocycles. The Balaban J connectivity index is 1.54. The van der Waals surface area contributed by atoms with Crippen molar-refractivity contribution < 1.29 is 9.59 Å². The molecule has 2 N–H and O–H groups in total. The summed E-state index contributed by atoms with van der Waals surface area (Å²) in [5.41, 5.74) is 3.65. The molecule has 32 heavy (non-hydrogen) atoms. The van der Waals surface area contributed by atoms with Gasteiger partial charge in [0.1, 0.15) is 5.82 Å². The van der Waals surface area contributed by atoms with Crippen LogP contribution >= 0.6 is 0 Å². The predicted molar refractivity (Wildman–Crippen MR) is 130 cm³/mol. The lowest BCUT2D eigenvalue weighted by molar-refractivity contribution is -0.112. The SMILES string of the molecule is Cc1cc(N(C)CCN(C)C)nc2ccc(NC(=O)C(=O)c3c[nH]c4ccccc34)cc12. The number of amides is 1. The van der Waals surface area contributed by atoms with Gasteiger partial charge < -0.3 is 20.1 Å². The predicted octanol–water partition coefficient (Wildman–Crippen LogP) is 3.84. The van der Waals surface area contributed by atoms with Crippen molar-refractivity contribution in [2.24, 2.45) is 0 Å². The first-order chi connectivity index (χ1) is 15.3. The first kappa shape index (κ1) is 21.5. The summed E-state index contributed by atoms with van der Waals surface area (Å²) in [5, 5.41) is 4.41. The Hall–Kier alpha value is -3.71. The highest BCUT2D eigenvalue weighted by atomic mass is 16.2. The van der Waals surface area contributed by atoms with Crippen LogP contribution in [0.4, 0.5) is 11.5 Å². The minimum absolute atomic E-state index is 0.363. The molecule has 7 nitrogen and oxygen atoms in total. The van der Waals surface area contributed by atoms with Gasteiger partial charge >= 0.3 is 0 Å². The van der Waals surface area contributed by atoms with Crippen LogP contribution in [0.3, 0.4) is 0 Å². The van der Waals surface area contributed by atoms with Gasteiger partial charge in [-0.15, -0.1) is 0 Å². The van der Waals surface area contributed by atoms with E-state index in [2.05, 4.69) is 20.1 Å². The molecule has 4 rings (SSSR count). The van der Waals surface area contributed by atoms with Crippen LogP contribution in [-0.2, 0) is 4.79 Å². The quantitative estimate of drug-likeness (QED) is 0.345. The van der Waals surface area contributed by atoms with E-state index in [9.17, 15) is 9.59 Å². The first-order valence-corrected chi connectivity index (χ1v) is 10.5. The largest absolute Gasteiger partial charge is 0.360 e. The molecule has 4 aromatic rings. The summed E-state index contributed by atoms with van der Waals surface area (Å²) in [6.07, 6.45) is 1.58. The molecule has 0 spiro atoms.